The van der Waals surface area contributed by atoms with Crippen molar-refractivity contribution in [3.63, 3.8) is 0 Å². The van der Waals surface area contributed by atoms with Gasteiger partial charge in [0.05, 0.1) is 22.7 Å². The van der Waals surface area contributed by atoms with Crippen LogP contribution in [0, 0.1) is 17.2 Å². The molecule has 5 rings (SSSR count). The highest BCUT2D eigenvalue weighted by Crippen LogP contribution is 2.58. The van der Waals surface area contributed by atoms with Crippen LogP contribution in [0.4, 0.5) is 32.2 Å². The first kappa shape index (κ1) is 26.3. The Morgan fingerprint density at radius 1 is 1.13 bits per heavy atom. The SMILES string of the molecule is C[C@@H](Nc1nn(C)c(=O)c2c1=CC(C1(C(F)F)CC1)C(=O)C=2OC1CC(F)C1)c1cccc(C(F)F)c1F. The maximum absolute atomic E-state index is 14.8. The van der Waals surface area contributed by atoms with Gasteiger partial charge < -0.3 is 10.1 Å². The maximum Gasteiger partial charge on any atom is 0.278 e. The minimum atomic E-state index is -3.04. The zero-order valence-electron chi connectivity index (χ0n) is 20.5. The lowest BCUT2D eigenvalue weighted by Gasteiger charge is -2.33. The van der Waals surface area contributed by atoms with Gasteiger partial charge in [0.2, 0.25) is 12.2 Å². The van der Waals surface area contributed by atoms with Crippen molar-refractivity contribution >= 4 is 23.4 Å². The molecule has 6 nitrogen and oxygen atoms in total. The summed E-state index contributed by atoms with van der Waals surface area (Å²) in [6.07, 6.45) is -6.28. The molecule has 1 heterocycles. The van der Waals surface area contributed by atoms with Crippen LogP contribution >= 0.6 is 0 Å². The van der Waals surface area contributed by atoms with E-state index < -0.39 is 71.0 Å². The van der Waals surface area contributed by atoms with Gasteiger partial charge in [0.15, 0.2) is 11.6 Å². The molecule has 204 valence electrons. The number of carbonyl (C=O) groups is 1. The Hall–Kier alpha value is -3.31. The van der Waals surface area contributed by atoms with Crippen molar-refractivity contribution in [2.24, 2.45) is 18.4 Å². The fourth-order valence-corrected chi connectivity index (χ4v) is 5.11. The van der Waals surface area contributed by atoms with Crippen LogP contribution in [-0.2, 0) is 16.6 Å². The smallest absolute Gasteiger partial charge is 0.278 e. The molecule has 1 aromatic carbocycles. The molecule has 1 aromatic heterocycles. The molecule has 2 fully saturated rings. The van der Waals surface area contributed by atoms with Crippen molar-refractivity contribution < 1.29 is 35.9 Å². The maximum atomic E-state index is 14.8. The number of halogens is 6. The van der Waals surface area contributed by atoms with E-state index >= 15 is 0 Å². The van der Waals surface area contributed by atoms with Crippen molar-refractivity contribution in [1.29, 1.82) is 0 Å². The van der Waals surface area contributed by atoms with E-state index in [1.165, 1.54) is 32.2 Å². The minimum absolute atomic E-state index is 0.00617. The van der Waals surface area contributed by atoms with Crippen molar-refractivity contribution in [2.75, 3.05) is 5.32 Å². The predicted molar refractivity (Wildman–Crippen MR) is 125 cm³/mol. The van der Waals surface area contributed by atoms with Gasteiger partial charge in [-0.3, -0.25) is 9.59 Å². The molecule has 0 bridgehead atoms. The molecule has 12 heteroatoms. The van der Waals surface area contributed by atoms with E-state index in [4.69, 9.17) is 4.74 Å². The normalized spacial score (nSPS) is 24.5. The average Bonchev–Trinajstić information content (AvgIpc) is 3.64. The first-order valence-electron chi connectivity index (χ1n) is 12.2. The first-order valence-corrected chi connectivity index (χ1v) is 12.2. The number of hydrogen-bond acceptors (Lipinski definition) is 5. The fraction of sp³-hybridized carbons (Fsp3) is 0.500. The van der Waals surface area contributed by atoms with E-state index in [0.29, 0.717) is 0 Å². The molecule has 1 N–H and O–H groups in total. The van der Waals surface area contributed by atoms with Crippen molar-refractivity contribution in [3.05, 3.63) is 55.9 Å². The lowest BCUT2D eigenvalue weighted by atomic mass is 9.81. The van der Waals surface area contributed by atoms with Gasteiger partial charge in [0, 0.05) is 36.1 Å². The highest BCUT2D eigenvalue weighted by Gasteiger charge is 2.59. The molecule has 0 saturated heterocycles. The Bertz CT molecular complexity index is 1460. The van der Waals surface area contributed by atoms with Crippen molar-refractivity contribution in [2.45, 2.75) is 63.8 Å². The summed E-state index contributed by atoms with van der Waals surface area (Å²) in [5.41, 5.74) is -3.26. The monoisotopic (exact) mass is 541 g/mol. The molecule has 1 unspecified atom stereocenters. The largest absolute Gasteiger partial charge is 0.486 e. The highest BCUT2D eigenvalue weighted by molar-refractivity contribution is 6.17. The van der Waals surface area contributed by atoms with Crippen LogP contribution in [0.25, 0.3) is 11.8 Å². The molecule has 2 atom stereocenters. The number of anilines is 1. The molecule has 0 spiro atoms. The minimum Gasteiger partial charge on any atom is -0.486 e. The van der Waals surface area contributed by atoms with Gasteiger partial charge in [0.1, 0.15) is 18.1 Å². The van der Waals surface area contributed by atoms with Gasteiger partial charge in [0.25, 0.3) is 12.0 Å². The van der Waals surface area contributed by atoms with Crippen LogP contribution < -0.4 is 21.3 Å². The third kappa shape index (κ3) is 4.27. The zero-order chi connectivity index (χ0) is 27.5. The third-order valence-electron chi connectivity index (χ3n) is 7.67. The third-order valence-corrected chi connectivity index (χ3v) is 7.67. The van der Waals surface area contributed by atoms with Crippen LogP contribution in [0.15, 0.2) is 23.0 Å². The number of rotatable bonds is 8. The van der Waals surface area contributed by atoms with Crippen LogP contribution in [0.1, 0.15) is 56.2 Å². The van der Waals surface area contributed by atoms with Gasteiger partial charge in [-0.05, 0) is 19.8 Å². The number of hydrogen-bond donors (Lipinski definition) is 1. The number of ketones is 1. The van der Waals surface area contributed by atoms with E-state index in [0.717, 1.165) is 10.7 Å². The molecule has 38 heavy (non-hydrogen) atoms. The Morgan fingerprint density at radius 2 is 1.79 bits per heavy atom. The Morgan fingerprint density at radius 3 is 2.37 bits per heavy atom. The summed E-state index contributed by atoms with van der Waals surface area (Å²) in [6, 6.07) is 2.61. The van der Waals surface area contributed by atoms with Crippen LogP contribution in [0.2, 0.25) is 0 Å². The molecule has 2 aromatic rings. The van der Waals surface area contributed by atoms with Crippen molar-refractivity contribution in [3.8, 4) is 0 Å². The molecular weight excluding hydrogens is 516 g/mol. The number of alkyl halides is 5. The van der Waals surface area contributed by atoms with Gasteiger partial charge in [-0.2, -0.15) is 5.10 Å². The fourth-order valence-electron chi connectivity index (χ4n) is 5.11. The van der Waals surface area contributed by atoms with Crippen LogP contribution in [0.5, 0.6) is 0 Å². The van der Waals surface area contributed by atoms with E-state index in [1.807, 2.05) is 0 Å². The number of ether oxygens (including phenoxy) is 1. The molecular formula is C26H25F6N3O3. The topological polar surface area (TPSA) is 73.2 Å². The molecule has 2 saturated carbocycles. The van der Waals surface area contributed by atoms with Crippen molar-refractivity contribution in [1.82, 2.24) is 9.78 Å². The summed E-state index contributed by atoms with van der Waals surface area (Å²) in [6.45, 7) is 1.48. The predicted octanol–water partition coefficient (Wildman–Crippen LogP) is 3.68. The second kappa shape index (κ2) is 9.46. The number of Topliss-reactive ketones (excluding diaryl/α,β-unsaturated/α-hetero) is 1. The van der Waals surface area contributed by atoms with Gasteiger partial charge in [-0.1, -0.05) is 24.3 Å². The summed E-state index contributed by atoms with van der Waals surface area (Å²) in [5, 5.41) is 6.87. The Balaban J connectivity index is 1.66. The number of fused-ring (bicyclic) bond motifs is 1. The summed E-state index contributed by atoms with van der Waals surface area (Å²) >= 11 is 0. The number of benzene rings is 1. The van der Waals surface area contributed by atoms with Crippen LogP contribution in [0.3, 0.4) is 0 Å². The van der Waals surface area contributed by atoms with E-state index in [1.54, 1.807) is 0 Å². The Kier molecular flexibility index (Phi) is 6.55. The molecule has 0 aliphatic heterocycles. The van der Waals surface area contributed by atoms with Gasteiger partial charge in [-0.15, -0.1) is 0 Å². The van der Waals surface area contributed by atoms with Gasteiger partial charge >= 0.3 is 0 Å². The highest BCUT2D eigenvalue weighted by atomic mass is 19.3. The van der Waals surface area contributed by atoms with E-state index in [9.17, 15) is 35.9 Å². The second-order valence-electron chi connectivity index (χ2n) is 10.2. The summed E-state index contributed by atoms with van der Waals surface area (Å²) < 4.78 is 89.6. The lowest BCUT2D eigenvalue weighted by Crippen LogP contribution is -2.54. The van der Waals surface area contributed by atoms with E-state index in [-0.39, 0.29) is 47.5 Å². The number of aromatic nitrogens is 2. The number of aryl methyl sites for hydroxylation is 1. The first-order chi connectivity index (χ1) is 17.9. The molecule has 3 aliphatic rings. The summed E-state index contributed by atoms with van der Waals surface area (Å²) in [4.78, 5) is 26.6. The van der Waals surface area contributed by atoms with Crippen LogP contribution in [-0.4, -0.2) is 34.3 Å². The zero-order valence-corrected chi connectivity index (χ0v) is 20.5. The summed E-state index contributed by atoms with van der Waals surface area (Å²) in [5.74, 6) is -3.68. The molecule has 3 aliphatic carbocycles. The summed E-state index contributed by atoms with van der Waals surface area (Å²) in [7, 11) is 1.30. The second-order valence-corrected chi connectivity index (χ2v) is 10.2. The quantitative estimate of drug-likeness (QED) is 0.517. The van der Waals surface area contributed by atoms with Gasteiger partial charge in [-0.25, -0.2) is 31.0 Å². The Labute approximate surface area is 213 Å². The molecule has 0 amide bonds. The lowest BCUT2D eigenvalue weighted by molar-refractivity contribution is -0.123. The number of nitrogens with one attached hydrogen (secondary N) is 1. The average molecular weight is 541 g/mol. The standard InChI is InChI=1S/C26H25F6N3O3/c1-11(14-4-3-5-15(19(14)28)22(29)30)33-23-16-10-17(26(6-7-26)25(31)32)20(36)21(38-13-8-12(27)9-13)18(16)24(37)35(2)34-23/h3-5,10-13,17,22,25H,6-9H2,1-2H3,(H,33,34)/t11-,12?,13?,17?/m1/s1. The number of carbonyl (C=O) groups excluding carboxylic acids is 1. The van der Waals surface area contributed by atoms with E-state index in [2.05, 4.69) is 10.4 Å². The number of nitrogens with zero attached hydrogens (tertiary/aromatic N) is 2. The molecule has 0 radical (unpaired) electrons.